The van der Waals surface area contributed by atoms with Gasteiger partial charge < -0.3 is 4.74 Å². The van der Waals surface area contributed by atoms with Crippen molar-refractivity contribution < 1.29 is 22.8 Å². The summed E-state index contributed by atoms with van der Waals surface area (Å²) >= 11 is 3.38. The fourth-order valence-corrected chi connectivity index (χ4v) is 2.91. The smallest absolute Gasteiger partial charge is 0.416 e. The van der Waals surface area contributed by atoms with Gasteiger partial charge in [0, 0.05) is 16.8 Å². The largest absolute Gasteiger partial charge is 0.486 e. The van der Waals surface area contributed by atoms with E-state index < -0.39 is 22.4 Å². The summed E-state index contributed by atoms with van der Waals surface area (Å²) in [5.41, 5.74) is -1.79. The predicted octanol–water partition coefficient (Wildman–Crippen LogP) is 4.56. The Bertz CT molecular complexity index is 538. The van der Waals surface area contributed by atoms with Gasteiger partial charge in [-0.2, -0.15) is 13.2 Å². The lowest BCUT2D eigenvalue weighted by molar-refractivity contribution is -0.386. The Balaban J connectivity index is 2.21. The molecule has 0 N–H and O–H groups in total. The Hall–Kier alpha value is -1.31. The van der Waals surface area contributed by atoms with Crippen LogP contribution in [0, 0.1) is 15.5 Å². The number of alkyl halides is 4. The normalized spacial score (nSPS) is 17.1. The number of ether oxygens (including phenoxy) is 1. The van der Waals surface area contributed by atoms with E-state index in [1.165, 1.54) is 0 Å². The summed E-state index contributed by atoms with van der Waals surface area (Å²) in [7, 11) is 0. The van der Waals surface area contributed by atoms with Crippen LogP contribution in [0.3, 0.4) is 0 Å². The minimum Gasteiger partial charge on any atom is -0.486 e. The first-order chi connectivity index (χ1) is 9.77. The minimum absolute atomic E-state index is 0.0729. The molecule has 0 unspecified atom stereocenters. The van der Waals surface area contributed by atoms with Crippen LogP contribution in [-0.4, -0.2) is 16.9 Å². The molecule has 0 aliphatic heterocycles. The molecule has 0 aromatic heterocycles. The molecular weight excluding hydrogens is 355 g/mol. The molecule has 0 radical (unpaired) electrons. The number of hydrogen-bond acceptors (Lipinski definition) is 3. The van der Waals surface area contributed by atoms with Gasteiger partial charge in [0.15, 0.2) is 5.75 Å². The lowest BCUT2D eigenvalue weighted by Crippen LogP contribution is -2.37. The van der Waals surface area contributed by atoms with Crippen molar-refractivity contribution in [2.75, 3.05) is 11.9 Å². The van der Waals surface area contributed by atoms with Crippen LogP contribution < -0.4 is 4.74 Å². The Morgan fingerprint density at radius 1 is 1.38 bits per heavy atom. The van der Waals surface area contributed by atoms with Crippen molar-refractivity contribution in [1.29, 1.82) is 0 Å². The summed E-state index contributed by atoms with van der Waals surface area (Å²) in [6.45, 7) is 0.254. The molecular formula is C13H13BrF3NO3. The number of benzene rings is 1. The SMILES string of the molecule is O=[N+]([O-])c1cc(C(F)(F)F)ccc1OCC1(CBr)CCC1. The molecule has 1 aromatic carbocycles. The highest BCUT2D eigenvalue weighted by molar-refractivity contribution is 9.09. The van der Waals surface area contributed by atoms with Crippen LogP contribution in [0.2, 0.25) is 0 Å². The molecule has 0 spiro atoms. The minimum atomic E-state index is -4.62. The number of halogens is 4. The van der Waals surface area contributed by atoms with Gasteiger partial charge in [-0.15, -0.1) is 0 Å². The van der Waals surface area contributed by atoms with Gasteiger partial charge in [0.05, 0.1) is 17.1 Å². The van der Waals surface area contributed by atoms with Gasteiger partial charge in [0.25, 0.3) is 0 Å². The van der Waals surface area contributed by atoms with Crippen LogP contribution in [0.1, 0.15) is 24.8 Å². The fraction of sp³-hybridized carbons (Fsp3) is 0.538. The zero-order chi connectivity index (χ0) is 15.7. The third-order valence-corrected chi connectivity index (χ3v) is 4.90. The van der Waals surface area contributed by atoms with E-state index in [1.807, 2.05) is 0 Å². The first-order valence-electron chi connectivity index (χ1n) is 6.32. The van der Waals surface area contributed by atoms with E-state index in [0.717, 1.165) is 31.4 Å². The number of nitrogens with zero attached hydrogens (tertiary/aromatic N) is 1. The number of nitro benzene ring substituents is 1. The molecule has 2 rings (SSSR count). The highest BCUT2D eigenvalue weighted by Gasteiger charge is 2.38. The van der Waals surface area contributed by atoms with E-state index in [9.17, 15) is 23.3 Å². The maximum absolute atomic E-state index is 12.6. The van der Waals surface area contributed by atoms with Crippen molar-refractivity contribution in [2.45, 2.75) is 25.4 Å². The van der Waals surface area contributed by atoms with E-state index in [2.05, 4.69) is 15.9 Å². The standard InChI is InChI=1S/C13H13BrF3NO3/c14-7-12(4-1-5-12)8-21-11-3-2-9(13(15,16)17)6-10(11)18(19)20/h2-3,6H,1,4-5,7-8H2. The summed E-state index contributed by atoms with van der Waals surface area (Å²) in [6, 6.07) is 2.32. The van der Waals surface area contributed by atoms with Gasteiger partial charge in [-0.3, -0.25) is 10.1 Å². The average molecular weight is 368 g/mol. The Kier molecular flexibility index (Phi) is 4.46. The zero-order valence-corrected chi connectivity index (χ0v) is 12.5. The number of nitro groups is 1. The van der Waals surface area contributed by atoms with Gasteiger partial charge in [0.1, 0.15) is 0 Å². The molecule has 21 heavy (non-hydrogen) atoms. The van der Waals surface area contributed by atoms with Gasteiger partial charge >= 0.3 is 11.9 Å². The molecule has 0 atom stereocenters. The van der Waals surface area contributed by atoms with Crippen molar-refractivity contribution in [3.63, 3.8) is 0 Å². The van der Waals surface area contributed by atoms with Gasteiger partial charge in [0.2, 0.25) is 0 Å². The van der Waals surface area contributed by atoms with Crippen LogP contribution in [0.25, 0.3) is 0 Å². The first kappa shape index (κ1) is 16.1. The highest BCUT2D eigenvalue weighted by Crippen LogP contribution is 2.43. The van der Waals surface area contributed by atoms with E-state index in [1.54, 1.807) is 0 Å². The third kappa shape index (κ3) is 3.48. The fourth-order valence-electron chi connectivity index (χ4n) is 2.18. The molecule has 116 valence electrons. The van der Waals surface area contributed by atoms with Crippen molar-refractivity contribution in [3.05, 3.63) is 33.9 Å². The van der Waals surface area contributed by atoms with E-state index in [-0.39, 0.29) is 17.8 Å². The van der Waals surface area contributed by atoms with Crippen LogP contribution in [-0.2, 0) is 6.18 Å². The topological polar surface area (TPSA) is 52.4 Å². The Morgan fingerprint density at radius 3 is 2.48 bits per heavy atom. The number of rotatable bonds is 5. The molecule has 1 saturated carbocycles. The molecule has 1 aliphatic carbocycles. The highest BCUT2D eigenvalue weighted by atomic mass is 79.9. The van der Waals surface area contributed by atoms with Gasteiger partial charge in [-0.25, -0.2) is 0 Å². The summed E-state index contributed by atoms with van der Waals surface area (Å²) in [4.78, 5) is 10.1. The molecule has 0 saturated heterocycles. The molecule has 0 heterocycles. The van der Waals surface area contributed by atoms with Crippen molar-refractivity contribution in [2.24, 2.45) is 5.41 Å². The second-order valence-corrected chi connectivity index (χ2v) is 5.77. The van der Waals surface area contributed by atoms with Gasteiger partial charge in [-0.05, 0) is 25.0 Å². The van der Waals surface area contributed by atoms with Crippen molar-refractivity contribution in [3.8, 4) is 5.75 Å². The van der Waals surface area contributed by atoms with E-state index in [4.69, 9.17) is 4.74 Å². The summed E-state index contributed by atoms with van der Waals surface area (Å²) in [6.07, 6.45) is -1.68. The number of hydrogen-bond donors (Lipinski definition) is 0. The monoisotopic (exact) mass is 367 g/mol. The third-order valence-electron chi connectivity index (χ3n) is 3.71. The average Bonchev–Trinajstić information content (AvgIpc) is 2.36. The molecule has 8 heteroatoms. The summed E-state index contributed by atoms with van der Waals surface area (Å²) in [5, 5.41) is 11.6. The maximum Gasteiger partial charge on any atom is 0.416 e. The second kappa shape index (κ2) is 5.82. The van der Waals surface area contributed by atoms with Gasteiger partial charge in [-0.1, -0.05) is 22.4 Å². The molecule has 1 aromatic rings. The zero-order valence-electron chi connectivity index (χ0n) is 11.0. The van der Waals surface area contributed by atoms with E-state index >= 15 is 0 Å². The quantitative estimate of drug-likeness (QED) is 0.435. The Morgan fingerprint density at radius 2 is 2.05 bits per heavy atom. The summed E-state index contributed by atoms with van der Waals surface area (Å²) < 4.78 is 43.2. The predicted molar refractivity (Wildman–Crippen MR) is 73.7 cm³/mol. The maximum atomic E-state index is 12.6. The second-order valence-electron chi connectivity index (χ2n) is 5.21. The van der Waals surface area contributed by atoms with E-state index in [0.29, 0.717) is 11.4 Å². The van der Waals surface area contributed by atoms with Crippen LogP contribution in [0.15, 0.2) is 18.2 Å². The molecule has 0 bridgehead atoms. The Labute approximate surface area is 127 Å². The van der Waals surface area contributed by atoms with Crippen molar-refractivity contribution in [1.82, 2.24) is 0 Å². The lowest BCUT2D eigenvalue weighted by atomic mass is 9.71. The summed E-state index contributed by atoms with van der Waals surface area (Å²) in [5.74, 6) is -0.125. The molecule has 1 fully saturated rings. The van der Waals surface area contributed by atoms with Crippen LogP contribution >= 0.6 is 15.9 Å². The first-order valence-corrected chi connectivity index (χ1v) is 7.44. The van der Waals surface area contributed by atoms with Crippen LogP contribution in [0.5, 0.6) is 5.75 Å². The lowest BCUT2D eigenvalue weighted by Gasteiger charge is -2.39. The molecule has 0 amide bonds. The van der Waals surface area contributed by atoms with Crippen LogP contribution in [0.4, 0.5) is 18.9 Å². The molecule has 1 aliphatic rings. The molecule has 4 nitrogen and oxygen atoms in total. The van der Waals surface area contributed by atoms with Crippen molar-refractivity contribution >= 4 is 21.6 Å².